The Morgan fingerprint density at radius 1 is 1.26 bits per heavy atom. The number of fused-ring (bicyclic) bond motifs is 1. The number of ether oxygens (including phenoxy) is 1. The SMILES string of the molecule is CCCNC(=O)NC(=O)COc1ccc2c(C)cc(=O)oc2c1. The third-order valence-corrected chi connectivity index (χ3v) is 3.08. The number of hydrogen-bond donors (Lipinski definition) is 2. The summed E-state index contributed by atoms with van der Waals surface area (Å²) in [6.07, 6.45) is 0.778. The van der Waals surface area contributed by atoms with Crippen LogP contribution < -0.4 is 21.0 Å². The maximum atomic E-state index is 11.6. The summed E-state index contributed by atoms with van der Waals surface area (Å²) in [6.45, 7) is 3.89. The number of urea groups is 1. The predicted molar refractivity (Wildman–Crippen MR) is 84.5 cm³/mol. The van der Waals surface area contributed by atoms with Crippen LogP contribution in [-0.4, -0.2) is 25.1 Å². The van der Waals surface area contributed by atoms with Crippen LogP contribution in [0.15, 0.2) is 33.5 Å². The number of carbonyl (C=O) groups excluding carboxylic acids is 2. The van der Waals surface area contributed by atoms with Gasteiger partial charge in [0.1, 0.15) is 11.3 Å². The van der Waals surface area contributed by atoms with Gasteiger partial charge in [0, 0.05) is 24.1 Å². The number of benzene rings is 1. The molecule has 23 heavy (non-hydrogen) atoms. The van der Waals surface area contributed by atoms with Crippen molar-refractivity contribution in [3.05, 3.63) is 40.2 Å². The second kappa shape index (κ2) is 7.44. The highest BCUT2D eigenvalue weighted by Crippen LogP contribution is 2.22. The van der Waals surface area contributed by atoms with Gasteiger partial charge in [0.05, 0.1) is 0 Å². The Hall–Kier alpha value is -2.83. The number of hydrogen-bond acceptors (Lipinski definition) is 5. The lowest BCUT2D eigenvalue weighted by molar-refractivity contribution is -0.122. The molecule has 0 aliphatic rings. The summed E-state index contributed by atoms with van der Waals surface area (Å²) >= 11 is 0. The minimum Gasteiger partial charge on any atom is -0.484 e. The van der Waals surface area contributed by atoms with Gasteiger partial charge in [-0.25, -0.2) is 9.59 Å². The predicted octanol–water partition coefficient (Wildman–Crippen LogP) is 1.72. The van der Waals surface area contributed by atoms with E-state index in [0.717, 1.165) is 17.4 Å². The zero-order valence-electron chi connectivity index (χ0n) is 13.0. The number of carbonyl (C=O) groups is 2. The fourth-order valence-electron chi connectivity index (χ4n) is 1.99. The van der Waals surface area contributed by atoms with E-state index < -0.39 is 17.6 Å². The first-order chi connectivity index (χ1) is 11.0. The molecule has 2 aromatic rings. The van der Waals surface area contributed by atoms with Crippen LogP contribution in [0.25, 0.3) is 11.0 Å². The zero-order chi connectivity index (χ0) is 16.8. The van der Waals surface area contributed by atoms with Crippen LogP contribution in [-0.2, 0) is 4.79 Å². The van der Waals surface area contributed by atoms with Gasteiger partial charge in [0.2, 0.25) is 0 Å². The van der Waals surface area contributed by atoms with Crippen LogP contribution in [0.5, 0.6) is 5.75 Å². The van der Waals surface area contributed by atoms with E-state index in [9.17, 15) is 14.4 Å². The van der Waals surface area contributed by atoms with Crippen molar-refractivity contribution in [3.8, 4) is 5.75 Å². The number of aryl methyl sites for hydroxylation is 1. The van der Waals surface area contributed by atoms with Gasteiger partial charge in [0.25, 0.3) is 5.91 Å². The maximum Gasteiger partial charge on any atom is 0.336 e. The molecule has 0 radical (unpaired) electrons. The second-order valence-electron chi connectivity index (χ2n) is 5.00. The summed E-state index contributed by atoms with van der Waals surface area (Å²) in [4.78, 5) is 34.3. The fraction of sp³-hybridized carbons (Fsp3) is 0.312. The molecule has 0 saturated carbocycles. The first kappa shape index (κ1) is 16.5. The van der Waals surface area contributed by atoms with Crippen molar-refractivity contribution >= 4 is 22.9 Å². The van der Waals surface area contributed by atoms with Gasteiger partial charge in [-0.2, -0.15) is 0 Å². The van der Waals surface area contributed by atoms with Gasteiger partial charge in [-0.05, 0) is 31.0 Å². The van der Waals surface area contributed by atoms with Gasteiger partial charge in [-0.1, -0.05) is 6.92 Å². The molecular formula is C16H18N2O5. The Bertz CT molecular complexity index is 782. The minimum absolute atomic E-state index is 0.318. The normalized spacial score (nSPS) is 10.3. The molecule has 0 saturated heterocycles. The quantitative estimate of drug-likeness (QED) is 0.818. The average Bonchev–Trinajstić information content (AvgIpc) is 2.50. The Morgan fingerprint density at radius 2 is 2.04 bits per heavy atom. The Labute approximate surface area is 132 Å². The van der Waals surface area contributed by atoms with Crippen LogP contribution in [0.4, 0.5) is 4.79 Å². The summed E-state index contributed by atoms with van der Waals surface area (Å²) in [5.74, 6) is -0.195. The molecule has 1 heterocycles. The summed E-state index contributed by atoms with van der Waals surface area (Å²) in [5, 5.41) is 5.47. The highest BCUT2D eigenvalue weighted by atomic mass is 16.5. The Morgan fingerprint density at radius 3 is 2.78 bits per heavy atom. The molecule has 7 heteroatoms. The zero-order valence-corrected chi connectivity index (χ0v) is 13.0. The van der Waals surface area contributed by atoms with E-state index in [1.54, 1.807) is 12.1 Å². The lowest BCUT2D eigenvalue weighted by Crippen LogP contribution is -2.41. The van der Waals surface area contributed by atoms with E-state index in [2.05, 4.69) is 10.6 Å². The van der Waals surface area contributed by atoms with Gasteiger partial charge in [-0.3, -0.25) is 10.1 Å². The van der Waals surface area contributed by atoms with Gasteiger partial charge in [-0.15, -0.1) is 0 Å². The molecule has 0 spiro atoms. The average molecular weight is 318 g/mol. The van der Waals surface area contributed by atoms with Crippen LogP contribution in [0.3, 0.4) is 0 Å². The monoisotopic (exact) mass is 318 g/mol. The van der Waals surface area contributed by atoms with E-state index in [1.165, 1.54) is 12.1 Å². The first-order valence-electron chi connectivity index (χ1n) is 7.24. The molecule has 2 rings (SSSR count). The number of imide groups is 1. The number of rotatable bonds is 5. The molecule has 0 aliphatic heterocycles. The molecule has 0 fully saturated rings. The molecule has 1 aromatic carbocycles. The van der Waals surface area contributed by atoms with E-state index >= 15 is 0 Å². The van der Waals surface area contributed by atoms with Gasteiger partial charge in [0.15, 0.2) is 6.61 Å². The molecule has 122 valence electrons. The maximum absolute atomic E-state index is 11.6. The molecular weight excluding hydrogens is 300 g/mol. The topological polar surface area (TPSA) is 97.6 Å². The Balaban J connectivity index is 1.98. The van der Waals surface area contributed by atoms with E-state index in [0.29, 0.717) is 17.9 Å². The standard InChI is InChI=1S/C16H18N2O5/c1-3-6-17-16(21)18-14(19)9-22-11-4-5-12-10(2)7-15(20)23-13(12)8-11/h4-5,7-8H,3,6,9H2,1-2H3,(H2,17,18,19,21). The minimum atomic E-state index is -0.565. The van der Waals surface area contributed by atoms with Crippen LogP contribution in [0.1, 0.15) is 18.9 Å². The first-order valence-corrected chi connectivity index (χ1v) is 7.24. The van der Waals surface area contributed by atoms with Crippen molar-refractivity contribution in [2.45, 2.75) is 20.3 Å². The van der Waals surface area contributed by atoms with Crippen LogP contribution in [0, 0.1) is 6.92 Å². The highest BCUT2D eigenvalue weighted by molar-refractivity contribution is 5.95. The molecule has 0 unspecified atom stereocenters. The van der Waals surface area contributed by atoms with Crippen molar-refractivity contribution in [1.29, 1.82) is 0 Å². The van der Waals surface area contributed by atoms with E-state index in [1.807, 2.05) is 13.8 Å². The van der Waals surface area contributed by atoms with Crippen molar-refractivity contribution < 1.29 is 18.7 Å². The van der Waals surface area contributed by atoms with Crippen molar-refractivity contribution in [1.82, 2.24) is 10.6 Å². The van der Waals surface area contributed by atoms with Gasteiger partial charge < -0.3 is 14.5 Å². The van der Waals surface area contributed by atoms with Crippen LogP contribution >= 0.6 is 0 Å². The summed E-state index contributed by atoms with van der Waals surface area (Å²) < 4.78 is 10.4. The molecule has 0 bridgehead atoms. The fourth-order valence-corrected chi connectivity index (χ4v) is 1.99. The van der Waals surface area contributed by atoms with Crippen molar-refractivity contribution in [2.75, 3.05) is 13.2 Å². The number of amides is 3. The number of nitrogens with one attached hydrogen (secondary N) is 2. The van der Waals surface area contributed by atoms with E-state index in [-0.39, 0.29) is 6.61 Å². The molecule has 0 aliphatic carbocycles. The molecule has 2 N–H and O–H groups in total. The third-order valence-electron chi connectivity index (χ3n) is 3.08. The summed E-state index contributed by atoms with van der Waals surface area (Å²) in [7, 11) is 0. The lowest BCUT2D eigenvalue weighted by Gasteiger charge is -2.08. The molecule has 7 nitrogen and oxygen atoms in total. The van der Waals surface area contributed by atoms with Crippen LogP contribution in [0.2, 0.25) is 0 Å². The highest BCUT2D eigenvalue weighted by Gasteiger charge is 2.09. The second-order valence-corrected chi connectivity index (χ2v) is 5.00. The van der Waals surface area contributed by atoms with Crippen molar-refractivity contribution in [2.24, 2.45) is 0 Å². The molecule has 3 amide bonds. The Kier molecular flexibility index (Phi) is 5.35. The third kappa shape index (κ3) is 4.57. The van der Waals surface area contributed by atoms with Crippen molar-refractivity contribution in [3.63, 3.8) is 0 Å². The largest absolute Gasteiger partial charge is 0.484 e. The smallest absolute Gasteiger partial charge is 0.336 e. The lowest BCUT2D eigenvalue weighted by atomic mass is 10.1. The molecule has 1 aromatic heterocycles. The summed E-state index contributed by atoms with van der Waals surface area (Å²) in [6, 6.07) is 5.80. The molecule has 0 atom stereocenters. The van der Waals surface area contributed by atoms with Gasteiger partial charge >= 0.3 is 11.7 Å². The van der Waals surface area contributed by atoms with E-state index in [4.69, 9.17) is 9.15 Å². The summed E-state index contributed by atoms with van der Waals surface area (Å²) in [5.41, 5.74) is 0.735.